The molecule has 0 spiro atoms. The SMILES string of the molecule is C#Cc1cnc2ccc(OC(SC)C(C)=O)cc2c1. The number of rotatable bonds is 4. The number of carbonyl (C=O) groups is 1. The van der Waals surface area contributed by atoms with Crippen LogP contribution in [0.5, 0.6) is 5.75 Å². The molecule has 2 aromatic rings. The smallest absolute Gasteiger partial charge is 0.202 e. The van der Waals surface area contributed by atoms with Crippen molar-refractivity contribution in [3.05, 3.63) is 36.0 Å². The van der Waals surface area contributed by atoms with Crippen LogP contribution in [-0.4, -0.2) is 22.5 Å². The highest BCUT2D eigenvalue weighted by Crippen LogP contribution is 2.23. The lowest BCUT2D eigenvalue weighted by molar-refractivity contribution is -0.120. The van der Waals surface area contributed by atoms with Gasteiger partial charge in [0.2, 0.25) is 5.44 Å². The molecule has 0 fully saturated rings. The highest BCUT2D eigenvalue weighted by molar-refractivity contribution is 7.99. The van der Waals surface area contributed by atoms with Crippen LogP contribution in [0.15, 0.2) is 30.5 Å². The highest BCUT2D eigenvalue weighted by Gasteiger charge is 2.14. The van der Waals surface area contributed by atoms with E-state index < -0.39 is 5.44 Å². The number of terminal acetylenes is 1. The number of nitrogens with zero attached hydrogens (tertiary/aromatic N) is 1. The van der Waals surface area contributed by atoms with Gasteiger partial charge in [-0.3, -0.25) is 9.78 Å². The first-order valence-corrected chi connectivity index (χ1v) is 6.99. The number of fused-ring (bicyclic) bond motifs is 1. The summed E-state index contributed by atoms with van der Waals surface area (Å²) in [6.45, 7) is 1.51. The Bertz CT molecular complexity index is 661. The molecule has 96 valence electrons. The Morgan fingerprint density at radius 2 is 2.26 bits per heavy atom. The van der Waals surface area contributed by atoms with E-state index >= 15 is 0 Å². The second-order valence-corrected chi connectivity index (χ2v) is 4.92. The van der Waals surface area contributed by atoms with Gasteiger partial charge >= 0.3 is 0 Å². The van der Waals surface area contributed by atoms with Gasteiger partial charge in [0.15, 0.2) is 5.78 Å². The largest absolute Gasteiger partial charge is 0.472 e. The lowest BCUT2D eigenvalue weighted by Gasteiger charge is -2.14. The van der Waals surface area contributed by atoms with Gasteiger partial charge in [-0.15, -0.1) is 18.2 Å². The molecule has 0 aliphatic heterocycles. The van der Waals surface area contributed by atoms with Crippen molar-refractivity contribution in [1.29, 1.82) is 0 Å². The zero-order chi connectivity index (χ0) is 13.8. The van der Waals surface area contributed by atoms with E-state index in [0.717, 1.165) is 16.5 Å². The molecule has 0 radical (unpaired) electrons. The number of carbonyl (C=O) groups excluding carboxylic acids is 1. The molecule has 0 amide bonds. The van der Waals surface area contributed by atoms with Crippen molar-refractivity contribution in [2.75, 3.05) is 6.26 Å². The average Bonchev–Trinajstić information content (AvgIpc) is 2.43. The van der Waals surface area contributed by atoms with Crippen molar-refractivity contribution in [3.63, 3.8) is 0 Å². The van der Waals surface area contributed by atoms with Crippen LogP contribution in [-0.2, 0) is 4.79 Å². The first kappa shape index (κ1) is 13.4. The van der Waals surface area contributed by atoms with Crippen molar-refractivity contribution in [1.82, 2.24) is 4.98 Å². The van der Waals surface area contributed by atoms with E-state index in [1.807, 2.05) is 24.5 Å². The predicted octanol–water partition coefficient (Wildman–Crippen LogP) is 2.87. The van der Waals surface area contributed by atoms with Gasteiger partial charge in [-0.1, -0.05) is 5.92 Å². The standard InChI is InChI=1S/C15H13NO2S/c1-4-11-7-12-8-13(5-6-14(12)16-9-11)18-15(19-3)10(2)17/h1,5-9,15H,2-3H3. The van der Waals surface area contributed by atoms with Gasteiger partial charge < -0.3 is 4.74 Å². The molecular weight excluding hydrogens is 258 g/mol. The molecule has 0 saturated carbocycles. The van der Waals surface area contributed by atoms with Crippen molar-refractivity contribution in [3.8, 4) is 18.1 Å². The maximum absolute atomic E-state index is 11.4. The van der Waals surface area contributed by atoms with Crippen LogP contribution in [0.25, 0.3) is 10.9 Å². The molecule has 4 heteroatoms. The van der Waals surface area contributed by atoms with E-state index in [9.17, 15) is 4.79 Å². The Balaban J connectivity index is 2.35. The van der Waals surface area contributed by atoms with Crippen molar-refractivity contribution in [2.45, 2.75) is 12.4 Å². The molecule has 0 bridgehead atoms. The lowest BCUT2D eigenvalue weighted by Crippen LogP contribution is -2.20. The van der Waals surface area contributed by atoms with Crippen molar-refractivity contribution in [2.24, 2.45) is 0 Å². The maximum atomic E-state index is 11.4. The fourth-order valence-electron chi connectivity index (χ4n) is 1.68. The molecule has 0 saturated heterocycles. The van der Waals surface area contributed by atoms with Crippen LogP contribution in [0.1, 0.15) is 12.5 Å². The second kappa shape index (κ2) is 5.77. The summed E-state index contributed by atoms with van der Waals surface area (Å²) in [7, 11) is 0. The number of aromatic nitrogens is 1. The fourth-order valence-corrected chi connectivity index (χ4v) is 2.22. The number of ether oxygens (including phenoxy) is 1. The number of ketones is 1. The first-order valence-electron chi connectivity index (χ1n) is 5.70. The second-order valence-electron chi connectivity index (χ2n) is 4.02. The Morgan fingerprint density at radius 1 is 1.47 bits per heavy atom. The molecule has 0 aliphatic carbocycles. The molecule has 1 aromatic heterocycles. The molecule has 0 aliphatic rings. The molecule has 1 unspecified atom stereocenters. The Morgan fingerprint density at radius 3 is 2.89 bits per heavy atom. The molecule has 1 heterocycles. The molecule has 0 N–H and O–H groups in total. The fraction of sp³-hybridized carbons (Fsp3) is 0.200. The van der Waals surface area contributed by atoms with Crippen LogP contribution < -0.4 is 4.74 Å². The highest BCUT2D eigenvalue weighted by atomic mass is 32.2. The summed E-state index contributed by atoms with van der Waals surface area (Å²) in [5.74, 6) is 3.17. The number of hydrogen-bond acceptors (Lipinski definition) is 4. The predicted molar refractivity (Wildman–Crippen MR) is 78.3 cm³/mol. The van der Waals surface area contributed by atoms with Gasteiger partial charge in [0.05, 0.1) is 5.52 Å². The summed E-state index contributed by atoms with van der Waals surface area (Å²) in [5.41, 5.74) is 1.08. The van der Waals surface area contributed by atoms with Crippen LogP contribution in [0.2, 0.25) is 0 Å². The van der Waals surface area contributed by atoms with E-state index in [2.05, 4.69) is 10.9 Å². The zero-order valence-corrected chi connectivity index (χ0v) is 11.5. The van der Waals surface area contributed by atoms with Crippen LogP contribution in [0.3, 0.4) is 0 Å². The molecule has 19 heavy (non-hydrogen) atoms. The minimum Gasteiger partial charge on any atom is -0.472 e. The quantitative estimate of drug-likeness (QED) is 0.633. The van der Waals surface area contributed by atoms with E-state index in [-0.39, 0.29) is 5.78 Å². The van der Waals surface area contributed by atoms with Crippen LogP contribution in [0.4, 0.5) is 0 Å². The molecule has 1 aromatic carbocycles. The van der Waals surface area contributed by atoms with Gasteiger partial charge in [0.1, 0.15) is 5.75 Å². The normalized spacial score (nSPS) is 11.8. The average molecular weight is 271 g/mol. The Labute approximate surface area is 116 Å². The summed E-state index contributed by atoms with van der Waals surface area (Å²) < 4.78 is 5.64. The third-order valence-corrected chi connectivity index (χ3v) is 3.46. The molecule has 3 nitrogen and oxygen atoms in total. The third kappa shape index (κ3) is 3.07. The summed E-state index contributed by atoms with van der Waals surface area (Å²) in [5, 5.41) is 0.899. The van der Waals surface area contributed by atoms with Gasteiger partial charge in [0, 0.05) is 17.1 Å². The van der Waals surface area contributed by atoms with Gasteiger partial charge in [0.25, 0.3) is 0 Å². The third-order valence-electron chi connectivity index (χ3n) is 2.61. The van der Waals surface area contributed by atoms with E-state index in [1.165, 1.54) is 18.7 Å². The van der Waals surface area contributed by atoms with Crippen molar-refractivity contribution < 1.29 is 9.53 Å². The van der Waals surface area contributed by atoms with Crippen LogP contribution >= 0.6 is 11.8 Å². The molecule has 2 rings (SSSR count). The monoisotopic (exact) mass is 271 g/mol. The number of pyridine rings is 1. The maximum Gasteiger partial charge on any atom is 0.202 e. The number of thioether (sulfide) groups is 1. The van der Waals surface area contributed by atoms with Gasteiger partial charge in [-0.25, -0.2) is 0 Å². The molecule has 1 atom stereocenters. The summed E-state index contributed by atoms with van der Waals surface area (Å²) in [4.78, 5) is 15.6. The molecular formula is C15H13NO2S. The Kier molecular flexibility index (Phi) is 4.08. The minimum absolute atomic E-state index is 0.0110. The first-order chi connectivity index (χ1) is 9.13. The van der Waals surface area contributed by atoms with Gasteiger partial charge in [-0.2, -0.15) is 0 Å². The number of Topliss-reactive ketones (excluding diaryl/α,β-unsaturated/α-hetero) is 1. The van der Waals surface area contributed by atoms with Gasteiger partial charge in [-0.05, 0) is 37.4 Å². The minimum atomic E-state index is -0.485. The van der Waals surface area contributed by atoms with E-state index in [0.29, 0.717) is 5.75 Å². The van der Waals surface area contributed by atoms with Crippen LogP contribution in [0, 0.1) is 12.3 Å². The van der Waals surface area contributed by atoms with E-state index in [4.69, 9.17) is 11.2 Å². The summed E-state index contributed by atoms with van der Waals surface area (Å²) in [6.07, 6.45) is 8.85. The van der Waals surface area contributed by atoms with E-state index in [1.54, 1.807) is 12.3 Å². The summed E-state index contributed by atoms with van der Waals surface area (Å²) >= 11 is 1.37. The zero-order valence-electron chi connectivity index (χ0n) is 10.7. The Hall–Kier alpha value is -1.99. The number of hydrogen-bond donors (Lipinski definition) is 0. The lowest BCUT2D eigenvalue weighted by atomic mass is 10.1. The number of benzene rings is 1. The van der Waals surface area contributed by atoms with Crippen molar-refractivity contribution >= 4 is 28.4 Å². The topological polar surface area (TPSA) is 39.2 Å². The summed E-state index contributed by atoms with van der Waals surface area (Å²) in [6, 6.07) is 7.37.